The van der Waals surface area contributed by atoms with Gasteiger partial charge in [0.15, 0.2) is 5.82 Å². The van der Waals surface area contributed by atoms with Crippen LogP contribution in [0.3, 0.4) is 0 Å². The van der Waals surface area contributed by atoms with Crippen molar-refractivity contribution >= 4 is 17.4 Å². The summed E-state index contributed by atoms with van der Waals surface area (Å²) in [5.74, 6) is -8.06. The Bertz CT molecular complexity index is 778. The lowest BCUT2D eigenvalue weighted by Gasteiger charge is -2.11. The lowest BCUT2D eigenvalue weighted by atomic mass is 9.98. The van der Waals surface area contributed by atoms with Crippen LogP contribution in [0.25, 0.3) is 0 Å². The standard InChI is InChI=1S/C16H17F3N2O5/c1-4-6-20-7-9(16(23)26-5-2)15(22)10-11(17)8(3)12(18)13(19)14(10)21(24)25/h7,20H,4-6H2,1-3H3/b9-7+. The van der Waals surface area contributed by atoms with Crippen LogP contribution < -0.4 is 5.32 Å². The van der Waals surface area contributed by atoms with Crippen LogP contribution in [0.4, 0.5) is 18.9 Å². The number of nitrogens with zero attached hydrogens (tertiary/aromatic N) is 1. The largest absolute Gasteiger partial charge is 0.462 e. The van der Waals surface area contributed by atoms with Crippen molar-refractivity contribution in [1.82, 2.24) is 5.32 Å². The Hall–Kier alpha value is -2.91. The van der Waals surface area contributed by atoms with Crippen molar-refractivity contribution < 1.29 is 32.4 Å². The molecule has 0 aliphatic heterocycles. The molecular weight excluding hydrogens is 357 g/mol. The number of Topliss-reactive ketones (excluding diaryl/α,β-unsaturated/α-hetero) is 1. The molecule has 0 bridgehead atoms. The monoisotopic (exact) mass is 374 g/mol. The third-order valence-corrected chi connectivity index (χ3v) is 3.31. The maximum atomic E-state index is 14.4. The molecular formula is C16H17F3N2O5. The van der Waals surface area contributed by atoms with E-state index in [1.54, 1.807) is 6.92 Å². The molecule has 0 unspecified atom stereocenters. The third-order valence-electron chi connectivity index (χ3n) is 3.31. The van der Waals surface area contributed by atoms with Crippen LogP contribution in [0.1, 0.15) is 36.2 Å². The predicted octanol–water partition coefficient (Wildman–Crippen LogP) is 2.95. The summed E-state index contributed by atoms with van der Waals surface area (Å²) >= 11 is 0. The number of nitrogens with one attached hydrogen (secondary N) is 1. The van der Waals surface area contributed by atoms with Crippen LogP contribution >= 0.6 is 0 Å². The van der Waals surface area contributed by atoms with Gasteiger partial charge in [0, 0.05) is 18.3 Å². The molecule has 142 valence electrons. The van der Waals surface area contributed by atoms with Crippen LogP contribution in [0.2, 0.25) is 0 Å². The minimum absolute atomic E-state index is 0.126. The first-order valence-electron chi connectivity index (χ1n) is 7.65. The van der Waals surface area contributed by atoms with E-state index in [4.69, 9.17) is 0 Å². The predicted molar refractivity (Wildman–Crippen MR) is 85.0 cm³/mol. The normalized spacial score (nSPS) is 11.2. The molecule has 0 atom stereocenters. The van der Waals surface area contributed by atoms with E-state index in [0.29, 0.717) is 13.0 Å². The first-order valence-corrected chi connectivity index (χ1v) is 7.65. The number of rotatable bonds is 8. The van der Waals surface area contributed by atoms with Gasteiger partial charge < -0.3 is 10.1 Å². The van der Waals surface area contributed by atoms with Crippen molar-refractivity contribution in [3.63, 3.8) is 0 Å². The molecule has 10 heteroatoms. The van der Waals surface area contributed by atoms with Gasteiger partial charge in [0.2, 0.25) is 11.6 Å². The number of hydrogen-bond acceptors (Lipinski definition) is 6. The number of nitro benzene ring substituents is 1. The molecule has 7 nitrogen and oxygen atoms in total. The van der Waals surface area contributed by atoms with E-state index in [9.17, 15) is 32.9 Å². The molecule has 0 amide bonds. The summed E-state index contributed by atoms with van der Waals surface area (Å²) in [7, 11) is 0. The highest BCUT2D eigenvalue weighted by atomic mass is 19.2. The van der Waals surface area contributed by atoms with E-state index in [1.165, 1.54) is 6.92 Å². The maximum absolute atomic E-state index is 14.4. The molecule has 0 aliphatic rings. The minimum atomic E-state index is -1.98. The second-order valence-electron chi connectivity index (χ2n) is 5.11. The number of ketones is 1. The molecule has 0 saturated heterocycles. The van der Waals surface area contributed by atoms with Crippen LogP contribution in [0, 0.1) is 34.5 Å². The fraction of sp³-hybridized carbons (Fsp3) is 0.375. The zero-order valence-electron chi connectivity index (χ0n) is 14.3. The van der Waals surface area contributed by atoms with Gasteiger partial charge in [-0.2, -0.15) is 4.39 Å². The Kier molecular flexibility index (Phi) is 7.29. The Labute approximate surface area is 147 Å². The van der Waals surface area contributed by atoms with Gasteiger partial charge in [0.05, 0.1) is 11.5 Å². The Morgan fingerprint density at radius 1 is 1.19 bits per heavy atom. The topological polar surface area (TPSA) is 98.5 Å². The van der Waals surface area contributed by atoms with Gasteiger partial charge in [-0.05, 0) is 20.3 Å². The first-order chi connectivity index (χ1) is 12.2. The van der Waals surface area contributed by atoms with E-state index in [0.717, 1.165) is 13.1 Å². The van der Waals surface area contributed by atoms with Crippen LogP contribution in [0.5, 0.6) is 0 Å². The number of carbonyl (C=O) groups is 2. The first kappa shape index (κ1) is 21.1. The summed E-state index contributed by atoms with van der Waals surface area (Å²) in [6, 6.07) is 0. The van der Waals surface area contributed by atoms with Crippen molar-refractivity contribution in [1.29, 1.82) is 0 Å². The molecule has 0 spiro atoms. The number of carbonyl (C=O) groups excluding carboxylic acids is 2. The molecule has 0 saturated carbocycles. The van der Waals surface area contributed by atoms with Crippen molar-refractivity contribution in [2.24, 2.45) is 0 Å². The molecule has 1 N–H and O–H groups in total. The highest BCUT2D eigenvalue weighted by molar-refractivity contribution is 6.25. The van der Waals surface area contributed by atoms with Gasteiger partial charge in [-0.25, -0.2) is 13.6 Å². The molecule has 1 aromatic rings. The van der Waals surface area contributed by atoms with Gasteiger partial charge in [-0.1, -0.05) is 6.92 Å². The minimum Gasteiger partial charge on any atom is -0.462 e. The molecule has 0 fully saturated rings. The molecule has 1 aromatic carbocycles. The fourth-order valence-electron chi connectivity index (χ4n) is 2.02. The molecule has 26 heavy (non-hydrogen) atoms. The number of benzene rings is 1. The Morgan fingerprint density at radius 3 is 2.31 bits per heavy atom. The van der Waals surface area contributed by atoms with Crippen molar-refractivity contribution in [3.05, 3.63) is 50.5 Å². The maximum Gasteiger partial charge on any atom is 0.343 e. The lowest BCUT2D eigenvalue weighted by molar-refractivity contribution is -0.388. The zero-order valence-corrected chi connectivity index (χ0v) is 14.3. The quantitative estimate of drug-likeness (QED) is 0.0865. The van der Waals surface area contributed by atoms with Gasteiger partial charge in [0.1, 0.15) is 17.0 Å². The Morgan fingerprint density at radius 2 is 1.81 bits per heavy atom. The Balaban J connectivity index is 3.64. The molecule has 0 radical (unpaired) electrons. The highest BCUT2D eigenvalue weighted by Gasteiger charge is 2.37. The average Bonchev–Trinajstić information content (AvgIpc) is 2.59. The van der Waals surface area contributed by atoms with Crippen LogP contribution in [-0.4, -0.2) is 29.8 Å². The number of halogens is 3. The van der Waals surface area contributed by atoms with Gasteiger partial charge >= 0.3 is 11.7 Å². The van der Waals surface area contributed by atoms with Crippen LogP contribution in [-0.2, 0) is 9.53 Å². The third kappa shape index (κ3) is 4.19. The second-order valence-corrected chi connectivity index (χ2v) is 5.11. The van der Waals surface area contributed by atoms with Gasteiger partial charge in [0.25, 0.3) is 0 Å². The summed E-state index contributed by atoms with van der Waals surface area (Å²) in [6.07, 6.45) is 1.52. The SMILES string of the molecule is CCCN/C=C(/C(=O)OCC)C(=O)c1c(F)c(C)c(F)c(F)c1[N+](=O)[O-]. The zero-order chi connectivity index (χ0) is 20.0. The summed E-state index contributed by atoms with van der Waals surface area (Å²) in [4.78, 5) is 34.2. The van der Waals surface area contributed by atoms with E-state index >= 15 is 0 Å². The van der Waals surface area contributed by atoms with Crippen molar-refractivity contribution in [2.45, 2.75) is 27.2 Å². The summed E-state index contributed by atoms with van der Waals surface area (Å²) in [5, 5.41) is 13.7. The molecule has 0 aliphatic carbocycles. The van der Waals surface area contributed by atoms with Gasteiger partial charge in [-0.15, -0.1) is 0 Å². The van der Waals surface area contributed by atoms with E-state index in [-0.39, 0.29) is 6.61 Å². The number of esters is 1. The number of hydrogen-bond donors (Lipinski definition) is 1. The summed E-state index contributed by atoms with van der Waals surface area (Å²) in [6.45, 7) is 4.26. The smallest absolute Gasteiger partial charge is 0.343 e. The van der Waals surface area contributed by atoms with E-state index in [2.05, 4.69) is 10.1 Å². The van der Waals surface area contributed by atoms with Crippen molar-refractivity contribution in [3.8, 4) is 0 Å². The fourth-order valence-corrected chi connectivity index (χ4v) is 2.02. The average molecular weight is 374 g/mol. The molecule has 1 rings (SSSR count). The van der Waals surface area contributed by atoms with E-state index in [1.807, 2.05) is 0 Å². The van der Waals surface area contributed by atoms with Crippen LogP contribution in [0.15, 0.2) is 11.8 Å². The summed E-state index contributed by atoms with van der Waals surface area (Å²) < 4.78 is 46.6. The lowest BCUT2D eigenvalue weighted by Crippen LogP contribution is -2.22. The number of nitro groups is 1. The highest BCUT2D eigenvalue weighted by Crippen LogP contribution is 2.32. The van der Waals surface area contributed by atoms with Crippen molar-refractivity contribution in [2.75, 3.05) is 13.2 Å². The molecule has 0 aromatic heterocycles. The number of ether oxygens (including phenoxy) is 1. The van der Waals surface area contributed by atoms with Gasteiger partial charge in [-0.3, -0.25) is 14.9 Å². The molecule has 0 heterocycles. The van der Waals surface area contributed by atoms with E-state index < -0.39 is 56.5 Å². The second kappa shape index (κ2) is 8.97. The summed E-state index contributed by atoms with van der Waals surface area (Å²) in [5.41, 5.74) is -4.71.